The Labute approximate surface area is 153 Å². The summed E-state index contributed by atoms with van der Waals surface area (Å²) in [5, 5.41) is 6.58. The maximum Gasteiger partial charge on any atom is 0.135 e. The highest BCUT2D eigenvalue weighted by atomic mass is 16.5. The first-order valence-electron chi connectivity index (χ1n) is 8.37. The second-order valence-corrected chi connectivity index (χ2v) is 5.67. The molecule has 6 nitrogen and oxygen atoms in total. The van der Waals surface area contributed by atoms with Gasteiger partial charge in [0.2, 0.25) is 0 Å². The second kappa shape index (κ2) is 8.71. The zero-order valence-corrected chi connectivity index (χ0v) is 14.9. The number of hydrogen-bond acceptors (Lipinski definition) is 6. The molecule has 2 N–H and O–H groups in total. The Bertz CT molecular complexity index is 854. The third kappa shape index (κ3) is 4.86. The number of rotatable bonds is 8. The van der Waals surface area contributed by atoms with E-state index in [1.165, 1.54) is 11.9 Å². The van der Waals surface area contributed by atoms with Crippen LogP contribution in [0.5, 0.6) is 11.5 Å². The average Bonchev–Trinajstić information content (AvgIpc) is 2.68. The van der Waals surface area contributed by atoms with Crippen LogP contribution in [0.2, 0.25) is 0 Å². The molecule has 134 valence electrons. The van der Waals surface area contributed by atoms with E-state index in [1.807, 2.05) is 48.5 Å². The summed E-state index contributed by atoms with van der Waals surface area (Å²) in [5.41, 5.74) is 2.12. The van der Waals surface area contributed by atoms with Gasteiger partial charge in [-0.2, -0.15) is 0 Å². The fourth-order valence-corrected chi connectivity index (χ4v) is 2.53. The van der Waals surface area contributed by atoms with E-state index in [4.69, 9.17) is 9.47 Å². The van der Waals surface area contributed by atoms with E-state index < -0.39 is 0 Å². The van der Waals surface area contributed by atoms with Crippen molar-refractivity contribution in [2.45, 2.75) is 6.42 Å². The molecular formula is C20H22N4O2. The van der Waals surface area contributed by atoms with Crippen molar-refractivity contribution in [1.82, 2.24) is 9.97 Å². The summed E-state index contributed by atoms with van der Waals surface area (Å²) in [4.78, 5) is 8.53. The zero-order valence-electron chi connectivity index (χ0n) is 14.9. The molecule has 0 amide bonds. The molecule has 0 atom stereocenters. The molecule has 26 heavy (non-hydrogen) atoms. The largest absolute Gasteiger partial charge is 0.497 e. The van der Waals surface area contributed by atoms with E-state index in [2.05, 4.69) is 26.7 Å². The lowest BCUT2D eigenvalue weighted by Gasteiger charge is -2.10. The van der Waals surface area contributed by atoms with E-state index in [9.17, 15) is 0 Å². The summed E-state index contributed by atoms with van der Waals surface area (Å²) in [6.07, 6.45) is 2.41. The molecule has 2 aromatic carbocycles. The van der Waals surface area contributed by atoms with Gasteiger partial charge in [0, 0.05) is 24.4 Å². The summed E-state index contributed by atoms with van der Waals surface area (Å²) in [7, 11) is 3.32. The number of ether oxygens (including phenoxy) is 2. The summed E-state index contributed by atoms with van der Waals surface area (Å²) < 4.78 is 10.5. The van der Waals surface area contributed by atoms with Crippen molar-refractivity contribution in [3.05, 3.63) is 66.5 Å². The maximum atomic E-state index is 5.25. The van der Waals surface area contributed by atoms with Crippen LogP contribution in [0, 0.1) is 0 Å². The Morgan fingerprint density at radius 3 is 2.38 bits per heavy atom. The molecule has 0 unspecified atom stereocenters. The van der Waals surface area contributed by atoms with E-state index in [0.29, 0.717) is 0 Å². The van der Waals surface area contributed by atoms with Gasteiger partial charge < -0.3 is 20.1 Å². The Morgan fingerprint density at radius 2 is 1.58 bits per heavy atom. The summed E-state index contributed by atoms with van der Waals surface area (Å²) in [6.45, 7) is 0.767. The zero-order chi connectivity index (χ0) is 18.2. The molecule has 6 heteroatoms. The molecule has 0 aliphatic heterocycles. The molecule has 0 fully saturated rings. The van der Waals surface area contributed by atoms with E-state index in [1.54, 1.807) is 14.2 Å². The predicted molar refractivity (Wildman–Crippen MR) is 103 cm³/mol. The lowest BCUT2D eigenvalue weighted by Crippen LogP contribution is -2.07. The number of methoxy groups -OCH3 is 2. The smallest absolute Gasteiger partial charge is 0.135 e. The Kier molecular flexibility index (Phi) is 5.88. The Morgan fingerprint density at radius 1 is 0.846 bits per heavy atom. The topological polar surface area (TPSA) is 68.3 Å². The number of benzene rings is 2. The van der Waals surface area contributed by atoms with Gasteiger partial charge in [-0.15, -0.1) is 0 Å². The molecule has 3 aromatic rings. The van der Waals surface area contributed by atoms with E-state index >= 15 is 0 Å². The fraction of sp³-hybridized carbons (Fsp3) is 0.200. The third-order valence-corrected chi connectivity index (χ3v) is 3.86. The van der Waals surface area contributed by atoms with Crippen LogP contribution in [0.15, 0.2) is 60.9 Å². The summed E-state index contributed by atoms with van der Waals surface area (Å²) in [6, 6.07) is 17.6. The third-order valence-electron chi connectivity index (χ3n) is 3.86. The minimum absolute atomic E-state index is 0.720. The summed E-state index contributed by atoms with van der Waals surface area (Å²) in [5.74, 6) is 3.15. The highest BCUT2D eigenvalue weighted by molar-refractivity contribution is 5.60. The first-order valence-corrected chi connectivity index (χ1v) is 8.37. The van der Waals surface area contributed by atoms with Gasteiger partial charge in [0.15, 0.2) is 0 Å². The quantitative estimate of drug-likeness (QED) is 0.642. The first kappa shape index (κ1) is 17.5. The van der Waals surface area contributed by atoms with Crippen LogP contribution in [-0.4, -0.2) is 30.7 Å². The molecule has 1 heterocycles. The number of nitrogens with zero attached hydrogens (tertiary/aromatic N) is 2. The van der Waals surface area contributed by atoms with Crippen LogP contribution in [0.4, 0.5) is 17.3 Å². The highest BCUT2D eigenvalue weighted by Crippen LogP contribution is 2.21. The van der Waals surface area contributed by atoms with Gasteiger partial charge in [0.25, 0.3) is 0 Å². The van der Waals surface area contributed by atoms with Crippen molar-refractivity contribution < 1.29 is 9.47 Å². The minimum atomic E-state index is 0.720. The van der Waals surface area contributed by atoms with Gasteiger partial charge in [-0.25, -0.2) is 9.97 Å². The van der Waals surface area contributed by atoms with Crippen molar-refractivity contribution in [3.8, 4) is 11.5 Å². The van der Waals surface area contributed by atoms with Crippen molar-refractivity contribution in [3.63, 3.8) is 0 Å². The monoisotopic (exact) mass is 350 g/mol. The maximum absolute atomic E-state index is 5.25. The van der Waals surface area contributed by atoms with Crippen LogP contribution in [-0.2, 0) is 6.42 Å². The van der Waals surface area contributed by atoms with Gasteiger partial charge in [-0.1, -0.05) is 18.2 Å². The lowest BCUT2D eigenvalue weighted by molar-refractivity contribution is 0.414. The molecule has 0 aliphatic carbocycles. The SMILES string of the molecule is COc1cccc(CCNc2cc(Nc3cccc(OC)c3)ncn2)c1. The molecule has 0 saturated heterocycles. The molecule has 0 radical (unpaired) electrons. The van der Waals surface area contributed by atoms with Crippen LogP contribution < -0.4 is 20.1 Å². The van der Waals surface area contributed by atoms with Gasteiger partial charge in [0.1, 0.15) is 29.5 Å². The molecule has 3 rings (SSSR count). The van der Waals surface area contributed by atoms with Gasteiger partial charge in [0.05, 0.1) is 14.2 Å². The van der Waals surface area contributed by atoms with Gasteiger partial charge in [-0.3, -0.25) is 0 Å². The van der Waals surface area contributed by atoms with Crippen LogP contribution >= 0.6 is 0 Å². The summed E-state index contributed by atoms with van der Waals surface area (Å²) >= 11 is 0. The first-order chi connectivity index (χ1) is 12.8. The highest BCUT2D eigenvalue weighted by Gasteiger charge is 2.02. The fourth-order valence-electron chi connectivity index (χ4n) is 2.53. The van der Waals surface area contributed by atoms with E-state index in [0.717, 1.165) is 41.8 Å². The Hall–Kier alpha value is -3.28. The van der Waals surface area contributed by atoms with E-state index in [-0.39, 0.29) is 0 Å². The molecular weight excluding hydrogens is 328 g/mol. The minimum Gasteiger partial charge on any atom is -0.497 e. The van der Waals surface area contributed by atoms with Crippen LogP contribution in [0.25, 0.3) is 0 Å². The molecule has 1 aromatic heterocycles. The van der Waals surface area contributed by atoms with Crippen LogP contribution in [0.3, 0.4) is 0 Å². The molecule has 0 bridgehead atoms. The van der Waals surface area contributed by atoms with Gasteiger partial charge in [-0.05, 0) is 36.2 Å². The van der Waals surface area contributed by atoms with Crippen molar-refractivity contribution in [1.29, 1.82) is 0 Å². The van der Waals surface area contributed by atoms with Crippen LogP contribution in [0.1, 0.15) is 5.56 Å². The van der Waals surface area contributed by atoms with Crippen molar-refractivity contribution in [2.75, 3.05) is 31.4 Å². The molecule has 0 spiro atoms. The average molecular weight is 350 g/mol. The van der Waals surface area contributed by atoms with Crippen molar-refractivity contribution >= 4 is 17.3 Å². The second-order valence-electron chi connectivity index (χ2n) is 5.67. The lowest BCUT2D eigenvalue weighted by atomic mass is 10.1. The van der Waals surface area contributed by atoms with Crippen molar-refractivity contribution in [2.24, 2.45) is 0 Å². The molecule has 0 saturated carbocycles. The molecule has 0 aliphatic rings. The normalized spacial score (nSPS) is 10.2. The Balaban J connectivity index is 1.58. The number of nitrogens with one attached hydrogen (secondary N) is 2. The predicted octanol–water partition coefficient (Wildman–Crippen LogP) is 3.89. The number of anilines is 3. The van der Waals surface area contributed by atoms with Gasteiger partial charge >= 0.3 is 0 Å². The number of hydrogen-bond donors (Lipinski definition) is 2. The standard InChI is InChI=1S/C20H22N4O2/c1-25-17-7-3-5-15(11-17)9-10-21-19-13-20(23-14-22-19)24-16-6-4-8-18(12-16)26-2/h3-8,11-14H,9-10H2,1-2H3,(H2,21,22,23,24). The number of aromatic nitrogens is 2.